The fourth-order valence-corrected chi connectivity index (χ4v) is 4.12. The number of amides is 2. The SMILES string of the molecule is COc1cc2c(cc1OC)C(Cc1ccc(NC(=O)Nc3ccc(Cl)cc3C)cc1)=NCC2. The first kappa shape index (κ1) is 22.7. The Morgan fingerprint density at radius 2 is 1.73 bits per heavy atom. The molecule has 0 bridgehead atoms. The van der Waals surface area contributed by atoms with Crippen LogP contribution in [0.3, 0.4) is 0 Å². The number of methoxy groups -OCH3 is 2. The molecule has 1 aliphatic rings. The van der Waals surface area contributed by atoms with Crippen LogP contribution in [0, 0.1) is 6.92 Å². The number of ether oxygens (including phenoxy) is 2. The summed E-state index contributed by atoms with van der Waals surface area (Å²) in [5, 5.41) is 6.35. The number of fused-ring (bicyclic) bond motifs is 1. The van der Waals surface area contributed by atoms with Gasteiger partial charge in [0.05, 0.1) is 14.2 Å². The van der Waals surface area contributed by atoms with E-state index in [9.17, 15) is 4.79 Å². The van der Waals surface area contributed by atoms with Gasteiger partial charge in [0.25, 0.3) is 0 Å². The number of anilines is 2. The number of nitrogens with one attached hydrogen (secondary N) is 2. The van der Waals surface area contributed by atoms with Gasteiger partial charge in [0.2, 0.25) is 0 Å². The smallest absolute Gasteiger partial charge is 0.323 e. The fourth-order valence-electron chi connectivity index (χ4n) is 3.90. The molecule has 0 saturated carbocycles. The summed E-state index contributed by atoms with van der Waals surface area (Å²) in [4.78, 5) is 17.1. The highest BCUT2D eigenvalue weighted by Crippen LogP contribution is 2.33. The van der Waals surface area contributed by atoms with Gasteiger partial charge in [0.15, 0.2) is 11.5 Å². The average Bonchev–Trinajstić information content (AvgIpc) is 2.81. The zero-order chi connectivity index (χ0) is 23.4. The van der Waals surface area contributed by atoms with Crippen LogP contribution in [0.25, 0.3) is 0 Å². The predicted molar refractivity (Wildman–Crippen MR) is 134 cm³/mol. The first-order valence-corrected chi connectivity index (χ1v) is 11.1. The lowest BCUT2D eigenvalue weighted by molar-refractivity contribution is 0.262. The van der Waals surface area contributed by atoms with E-state index in [2.05, 4.69) is 10.6 Å². The highest BCUT2D eigenvalue weighted by Gasteiger charge is 2.18. The number of hydrogen-bond acceptors (Lipinski definition) is 4. The Morgan fingerprint density at radius 1 is 1.00 bits per heavy atom. The number of benzene rings is 3. The molecule has 6 nitrogen and oxygen atoms in total. The first-order chi connectivity index (χ1) is 16.0. The molecule has 0 fully saturated rings. The third-order valence-electron chi connectivity index (χ3n) is 5.62. The highest BCUT2D eigenvalue weighted by molar-refractivity contribution is 6.30. The Balaban J connectivity index is 1.43. The van der Waals surface area contributed by atoms with E-state index in [0.29, 0.717) is 22.9 Å². The van der Waals surface area contributed by atoms with Crippen LogP contribution in [0.1, 0.15) is 22.3 Å². The molecule has 2 amide bonds. The van der Waals surface area contributed by atoms with Crippen molar-refractivity contribution in [3.8, 4) is 11.5 Å². The number of urea groups is 1. The number of hydrogen-bond donors (Lipinski definition) is 2. The molecule has 0 saturated heterocycles. The number of aryl methyl sites for hydroxylation is 1. The van der Waals surface area contributed by atoms with Crippen molar-refractivity contribution in [1.82, 2.24) is 0 Å². The van der Waals surface area contributed by atoms with Gasteiger partial charge in [0.1, 0.15) is 0 Å². The quantitative estimate of drug-likeness (QED) is 0.478. The second kappa shape index (κ2) is 9.96. The maximum atomic E-state index is 12.4. The Bertz CT molecular complexity index is 1210. The van der Waals surface area contributed by atoms with Crippen LogP contribution in [-0.4, -0.2) is 32.5 Å². The van der Waals surface area contributed by atoms with Crippen molar-refractivity contribution in [3.05, 3.63) is 81.9 Å². The number of carbonyl (C=O) groups is 1. The van der Waals surface area contributed by atoms with Crippen LogP contribution >= 0.6 is 11.6 Å². The molecule has 2 N–H and O–H groups in total. The molecule has 33 heavy (non-hydrogen) atoms. The lowest BCUT2D eigenvalue weighted by Gasteiger charge is -2.20. The van der Waals surface area contributed by atoms with Crippen molar-refractivity contribution in [2.75, 3.05) is 31.4 Å². The molecule has 0 aliphatic carbocycles. The lowest BCUT2D eigenvalue weighted by atomic mass is 9.93. The minimum Gasteiger partial charge on any atom is -0.493 e. The summed E-state index contributed by atoms with van der Waals surface area (Å²) < 4.78 is 10.9. The van der Waals surface area contributed by atoms with E-state index < -0.39 is 0 Å². The average molecular weight is 464 g/mol. The molecule has 4 rings (SSSR count). The van der Waals surface area contributed by atoms with Crippen molar-refractivity contribution in [1.29, 1.82) is 0 Å². The van der Waals surface area contributed by atoms with Gasteiger partial charge in [-0.05, 0) is 72.5 Å². The van der Waals surface area contributed by atoms with Gasteiger partial charge >= 0.3 is 6.03 Å². The number of aliphatic imine (C=N–C) groups is 1. The Labute approximate surface area is 198 Å². The molecule has 3 aromatic carbocycles. The van der Waals surface area contributed by atoms with E-state index in [1.807, 2.05) is 49.4 Å². The highest BCUT2D eigenvalue weighted by atomic mass is 35.5. The molecule has 0 unspecified atom stereocenters. The summed E-state index contributed by atoms with van der Waals surface area (Å²) >= 11 is 5.98. The molecule has 0 radical (unpaired) electrons. The standard InChI is InChI=1S/C26H26ClN3O3/c1-16-12-19(27)6-9-22(16)30-26(31)29-20-7-4-17(5-8-20)13-23-21-15-25(33-3)24(32-2)14-18(21)10-11-28-23/h4-9,12,14-15H,10-11,13H2,1-3H3,(H2,29,30,31). The van der Waals surface area contributed by atoms with Gasteiger partial charge in [-0.1, -0.05) is 23.7 Å². The topological polar surface area (TPSA) is 72.0 Å². The van der Waals surface area contributed by atoms with Crippen LogP contribution in [0.5, 0.6) is 11.5 Å². The monoisotopic (exact) mass is 463 g/mol. The molecule has 0 aromatic heterocycles. The third-order valence-corrected chi connectivity index (χ3v) is 5.86. The summed E-state index contributed by atoms with van der Waals surface area (Å²) in [6.07, 6.45) is 1.57. The van der Waals surface area contributed by atoms with Crippen molar-refractivity contribution in [2.45, 2.75) is 19.8 Å². The maximum absolute atomic E-state index is 12.4. The summed E-state index contributed by atoms with van der Waals surface area (Å²) in [7, 11) is 3.29. The normalized spacial score (nSPS) is 12.4. The lowest BCUT2D eigenvalue weighted by Crippen LogP contribution is -2.20. The molecule has 0 spiro atoms. The number of rotatable bonds is 6. The van der Waals surface area contributed by atoms with Crippen molar-refractivity contribution < 1.29 is 14.3 Å². The van der Waals surface area contributed by atoms with Crippen molar-refractivity contribution >= 4 is 34.7 Å². The van der Waals surface area contributed by atoms with Crippen LogP contribution in [0.2, 0.25) is 5.02 Å². The molecular weight excluding hydrogens is 438 g/mol. The van der Waals surface area contributed by atoms with Gasteiger partial charge < -0.3 is 20.1 Å². The van der Waals surface area contributed by atoms with Gasteiger partial charge in [0, 0.05) is 40.6 Å². The second-order valence-electron chi connectivity index (χ2n) is 7.85. The Hall–Kier alpha value is -3.51. The minimum atomic E-state index is -0.306. The van der Waals surface area contributed by atoms with Gasteiger partial charge in [-0.2, -0.15) is 0 Å². The van der Waals surface area contributed by atoms with Gasteiger partial charge in [-0.25, -0.2) is 4.79 Å². The van der Waals surface area contributed by atoms with Crippen LogP contribution in [0.15, 0.2) is 59.6 Å². The van der Waals surface area contributed by atoms with E-state index in [-0.39, 0.29) is 6.03 Å². The van der Waals surface area contributed by atoms with Crippen molar-refractivity contribution in [3.63, 3.8) is 0 Å². The van der Waals surface area contributed by atoms with Gasteiger partial charge in [-0.15, -0.1) is 0 Å². The van der Waals surface area contributed by atoms with Gasteiger partial charge in [-0.3, -0.25) is 4.99 Å². The molecule has 3 aromatic rings. The van der Waals surface area contributed by atoms with E-state index >= 15 is 0 Å². The minimum absolute atomic E-state index is 0.306. The van der Waals surface area contributed by atoms with E-state index in [1.165, 1.54) is 5.56 Å². The predicted octanol–water partition coefficient (Wildman–Crippen LogP) is 5.90. The van der Waals surface area contributed by atoms with Crippen molar-refractivity contribution in [2.24, 2.45) is 4.99 Å². The second-order valence-corrected chi connectivity index (χ2v) is 8.29. The fraction of sp³-hybridized carbons (Fsp3) is 0.231. The molecule has 1 heterocycles. The van der Waals surface area contributed by atoms with E-state index in [4.69, 9.17) is 26.1 Å². The summed E-state index contributed by atoms with van der Waals surface area (Å²) in [5.41, 5.74) is 6.76. The molecular formula is C26H26ClN3O3. The molecule has 170 valence electrons. The number of carbonyl (C=O) groups excluding carboxylic acids is 1. The first-order valence-electron chi connectivity index (χ1n) is 10.7. The zero-order valence-corrected chi connectivity index (χ0v) is 19.6. The Morgan fingerprint density at radius 3 is 2.42 bits per heavy atom. The summed E-state index contributed by atoms with van der Waals surface area (Å²) in [6.45, 7) is 2.65. The molecule has 1 aliphatic heterocycles. The summed E-state index contributed by atoms with van der Waals surface area (Å²) in [5.74, 6) is 1.44. The Kier molecular flexibility index (Phi) is 6.84. The van der Waals surface area contributed by atoms with Crippen LogP contribution < -0.4 is 20.1 Å². The zero-order valence-electron chi connectivity index (χ0n) is 18.9. The van der Waals surface area contributed by atoms with Crippen LogP contribution in [0.4, 0.5) is 16.2 Å². The number of halogens is 1. The van der Waals surface area contributed by atoms with Crippen LogP contribution in [-0.2, 0) is 12.8 Å². The van der Waals surface area contributed by atoms with E-state index in [1.54, 1.807) is 26.4 Å². The molecule has 7 heteroatoms. The number of nitrogens with zero attached hydrogens (tertiary/aromatic N) is 1. The maximum Gasteiger partial charge on any atom is 0.323 e. The summed E-state index contributed by atoms with van der Waals surface area (Å²) in [6, 6.07) is 16.9. The molecule has 0 atom stereocenters. The van der Waals surface area contributed by atoms with E-state index in [0.717, 1.165) is 46.8 Å². The third kappa shape index (κ3) is 5.29. The largest absolute Gasteiger partial charge is 0.493 e.